The van der Waals surface area contributed by atoms with Crippen LogP contribution in [0.15, 0.2) is 30.5 Å². The van der Waals surface area contributed by atoms with E-state index in [2.05, 4.69) is 11.9 Å². The fraction of sp³-hybridized carbons (Fsp3) is 0.444. The molecule has 0 spiro atoms. The Hall–Kier alpha value is -3.37. The van der Waals surface area contributed by atoms with Gasteiger partial charge in [-0.25, -0.2) is 18.6 Å². The fourth-order valence-electron chi connectivity index (χ4n) is 4.86. The van der Waals surface area contributed by atoms with Crippen molar-refractivity contribution in [3.8, 4) is 11.3 Å². The number of hydrogen-bond donors (Lipinski definition) is 1. The third kappa shape index (κ3) is 5.65. The Kier molecular flexibility index (Phi) is 8.19. The van der Waals surface area contributed by atoms with Gasteiger partial charge in [0, 0.05) is 25.7 Å². The first-order valence-electron chi connectivity index (χ1n) is 12.4. The van der Waals surface area contributed by atoms with Gasteiger partial charge in [0.2, 0.25) is 0 Å². The molecule has 2 atom stereocenters. The number of aromatic nitrogens is 2. The number of imidazole rings is 1. The molecule has 1 fully saturated rings. The highest BCUT2D eigenvalue weighted by molar-refractivity contribution is 5.88. The van der Waals surface area contributed by atoms with E-state index in [0.29, 0.717) is 37.5 Å². The number of carbonyl (C=O) groups excluding carboxylic acids is 1. The Balaban J connectivity index is 1.72. The van der Waals surface area contributed by atoms with E-state index in [1.165, 1.54) is 7.11 Å². The van der Waals surface area contributed by atoms with Crippen molar-refractivity contribution < 1.29 is 33.0 Å². The first-order valence-corrected chi connectivity index (χ1v) is 12.4. The summed E-state index contributed by atoms with van der Waals surface area (Å²) in [6.45, 7) is 5.35. The van der Waals surface area contributed by atoms with E-state index in [4.69, 9.17) is 9.47 Å². The Morgan fingerprint density at radius 3 is 2.65 bits per heavy atom. The maximum Gasteiger partial charge on any atom is 0.335 e. The van der Waals surface area contributed by atoms with Crippen LogP contribution in [0.3, 0.4) is 0 Å². The predicted octanol–water partition coefficient (Wildman–Crippen LogP) is 4.26. The number of pyridine rings is 1. The molecule has 1 unspecified atom stereocenters. The molecule has 0 bridgehead atoms. The number of methoxy groups -OCH3 is 1. The molecule has 8 nitrogen and oxygen atoms in total. The molecule has 198 valence electrons. The second-order valence-corrected chi connectivity index (χ2v) is 9.33. The molecule has 1 aliphatic heterocycles. The Labute approximate surface area is 213 Å². The molecule has 0 aliphatic carbocycles. The second-order valence-electron chi connectivity index (χ2n) is 9.33. The number of aryl methyl sites for hydroxylation is 1. The van der Waals surface area contributed by atoms with Crippen LogP contribution in [0.4, 0.5) is 8.78 Å². The topological polar surface area (TPSA) is 93.4 Å². The number of benzene rings is 1. The van der Waals surface area contributed by atoms with E-state index in [1.54, 1.807) is 16.7 Å². The quantitative estimate of drug-likeness (QED) is 0.426. The van der Waals surface area contributed by atoms with E-state index in [0.717, 1.165) is 30.5 Å². The summed E-state index contributed by atoms with van der Waals surface area (Å²) in [6.07, 6.45) is 4.19. The normalized spacial score (nSPS) is 17.2. The number of esters is 1. The van der Waals surface area contributed by atoms with E-state index < -0.39 is 23.2 Å². The summed E-state index contributed by atoms with van der Waals surface area (Å²) in [4.78, 5) is 30.3. The number of fused-ring (bicyclic) bond motifs is 1. The molecule has 0 amide bonds. The van der Waals surface area contributed by atoms with Gasteiger partial charge in [0.05, 0.1) is 42.3 Å². The van der Waals surface area contributed by atoms with Crippen molar-refractivity contribution in [2.75, 3.05) is 26.8 Å². The van der Waals surface area contributed by atoms with Crippen molar-refractivity contribution in [2.24, 2.45) is 0 Å². The average Bonchev–Trinajstić information content (AvgIpc) is 3.20. The monoisotopic (exact) mass is 515 g/mol. The van der Waals surface area contributed by atoms with Crippen LogP contribution >= 0.6 is 0 Å². The van der Waals surface area contributed by atoms with Gasteiger partial charge in [-0.15, -0.1) is 0 Å². The Morgan fingerprint density at radius 2 is 2.00 bits per heavy atom. The first-order chi connectivity index (χ1) is 17.7. The average molecular weight is 516 g/mol. The van der Waals surface area contributed by atoms with Crippen LogP contribution in [0.2, 0.25) is 0 Å². The minimum atomic E-state index is -1.42. The van der Waals surface area contributed by atoms with Gasteiger partial charge >= 0.3 is 11.9 Å². The van der Waals surface area contributed by atoms with Gasteiger partial charge < -0.3 is 19.0 Å². The molecule has 1 aromatic carbocycles. The molecule has 10 heteroatoms. The second kappa shape index (κ2) is 11.4. The van der Waals surface area contributed by atoms with Crippen molar-refractivity contribution in [3.63, 3.8) is 0 Å². The Bertz CT molecular complexity index is 1290. The van der Waals surface area contributed by atoms with E-state index in [1.807, 2.05) is 17.9 Å². The number of carbonyl (C=O) groups is 2. The summed E-state index contributed by atoms with van der Waals surface area (Å²) in [5, 5.41) is 9.18. The molecule has 3 heterocycles. The maximum atomic E-state index is 15.1. The van der Waals surface area contributed by atoms with Crippen LogP contribution in [0.5, 0.6) is 0 Å². The van der Waals surface area contributed by atoms with Gasteiger partial charge in [0.1, 0.15) is 23.3 Å². The van der Waals surface area contributed by atoms with Crippen LogP contribution in [0.25, 0.3) is 16.9 Å². The van der Waals surface area contributed by atoms with Crippen molar-refractivity contribution in [1.29, 1.82) is 0 Å². The number of nitrogens with zero attached hydrogens (tertiary/aromatic N) is 3. The highest BCUT2D eigenvalue weighted by Gasteiger charge is 2.33. The summed E-state index contributed by atoms with van der Waals surface area (Å²) in [5.74, 6) is -3.72. The largest absolute Gasteiger partial charge is 0.478 e. The molecule has 1 saturated heterocycles. The molecule has 1 aliphatic rings. The zero-order chi connectivity index (χ0) is 26.7. The SMILES string of the molecule is CCCCC(C(=O)OC)N1CCO[C@@H](Cc2c(-c3c(F)cc(C(=O)O)cc3F)nc3cc(C)ccn23)C1. The highest BCUT2D eigenvalue weighted by Crippen LogP contribution is 2.32. The third-order valence-corrected chi connectivity index (χ3v) is 6.74. The molecular formula is C27H31F2N3O5. The minimum Gasteiger partial charge on any atom is -0.478 e. The van der Waals surface area contributed by atoms with Crippen molar-refractivity contribution in [1.82, 2.24) is 14.3 Å². The molecule has 3 aromatic rings. The number of hydrogen-bond acceptors (Lipinski definition) is 6. The summed E-state index contributed by atoms with van der Waals surface area (Å²) in [5.41, 5.74) is 1.19. The standard InChI is InChI=1S/C27H31F2N3O5/c1-4-5-6-21(27(35)36-3)31-9-10-37-18(15-31)14-22-25(30-23-11-16(2)7-8-32(22)23)24-19(28)12-17(26(33)34)13-20(24)29/h7-8,11-13,18,21H,4-6,9-10,14-15H2,1-3H3,(H,33,34)/t18-,21?/m0/s1. The molecule has 0 radical (unpaired) electrons. The van der Waals surface area contributed by atoms with E-state index >= 15 is 8.78 Å². The molecule has 0 saturated carbocycles. The van der Waals surface area contributed by atoms with Gasteiger partial charge in [0.25, 0.3) is 0 Å². The zero-order valence-electron chi connectivity index (χ0n) is 21.2. The van der Waals surface area contributed by atoms with Crippen LogP contribution in [-0.4, -0.2) is 70.3 Å². The molecule has 2 aromatic heterocycles. The molecule has 4 rings (SSSR count). The number of halogens is 2. The predicted molar refractivity (Wildman–Crippen MR) is 133 cm³/mol. The number of morpholine rings is 1. The van der Waals surface area contributed by atoms with Crippen LogP contribution in [-0.2, 0) is 20.7 Å². The minimum absolute atomic E-state index is 0.0914. The van der Waals surface area contributed by atoms with Gasteiger partial charge in [0.15, 0.2) is 0 Å². The smallest absolute Gasteiger partial charge is 0.335 e. The maximum absolute atomic E-state index is 15.1. The number of aromatic carboxylic acids is 1. The summed E-state index contributed by atoms with van der Waals surface area (Å²) in [7, 11) is 1.38. The van der Waals surface area contributed by atoms with Crippen molar-refractivity contribution in [2.45, 2.75) is 51.7 Å². The zero-order valence-corrected chi connectivity index (χ0v) is 21.2. The van der Waals surface area contributed by atoms with Gasteiger partial charge in [-0.1, -0.05) is 19.8 Å². The lowest BCUT2D eigenvalue weighted by Gasteiger charge is -2.37. The van der Waals surface area contributed by atoms with Gasteiger partial charge in [-0.05, 0) is 43.2 Å². The van der Waals surface area contributed by atoms with E-state index in [-0.39, 0.29) is 35.8 Å². The lowest BCUT2D eigenvalue weighted by atomic mass is 10.0. The molecule has 37 heavy (non-hydrogen) atoms. The van der Waals surface area contributed by atoms with Gasteiger partial charge in [-0.3, -0.25) is 9.69 Å². The molecule has 1 N–H and O–H groups in total. The number of rotatable bonds is 9. The van der Waals surface area contributed by atoms with Crippen LogP contribution in [0.1, 0.15) is 47.8 Å². The number of unbranched alkanes of at least 4 members (excludes halogenated alkanes) is 1. The lowest BCUT2D eigenvalue weighted by molar-refractivity contribution is -0.150. The molecular weight excluding hydrogens is 484 g/mol. The number of ether oxygens (including phenoxy) is 2. The highest BCUT2D eigenvalue weighted by atomic mass is 19.1. The summed E-state index contributed by atoms with van der Waals surface area (Å²) in [6, 6.07) is 4.88. The summed E-state index contributed by atoms with van der Waals surface area (Å²) < 4.78 is 43.0. The number of carboxylic acids is 1. The lowest BCUT2D eigenvalue weighted by Crippen LogP contribution is -2.51. The first kappa shape index (κ1) is 26.7. The van der Waals surface area contributed by atoms with Crippen LogP contribution < -0.4 is 0 Å². The fourth-order valence-corrected chi connectivity index (χ4v) is 4.86. The van der Waals surface area contributed by atoms with Crippen molar-refractivity contribution >= 4 is 17.6 Å². The number of carboxylic acid groups (broad SMARTS) is 1. The van der Waals surface area contributed by atoms with Crippen LogP contribution in [0, 0.1) is 18.6 Å². The van der Waals surface area contributed by atoms with Crippen molar-refractivity contribution in [3.05, 3.63) is 58.9 Å². The van der Waals surface area contributed by atoms with E-state index in [9.17, 15) is 14.7 Å². The van der Waals surface area contributed by atoms with Gasteiger partial charge in [-0.2, -0.15) is 0 Å². The Morgan fingerprint density at radius 1 is 1.27 bits per heavy atom. The summed E-state index contributed by atoms with van der Waals surface area (Å²) >= 11 is 0. The third-order valence-electron chi connectivity index (χ3n) is 6.74.